The summed E-state index contributed by atoms with van der Waals surface area (Å²) in [7, 11) is 0. The average molecular weight is 301 g/mol. The topological polar surface area (TPSA) is 38.0 Å². The van der Waals surface area contributed by atoms with Crippen molar-refractivity contribution in [3.8, 4) is 0 Å². The fourth-order valence-electron chi connectivity index (χ4n) is 1.69. The van der Waals surface area contributed by atoms with E-state index in [9.17, 15) is 5.11 Å². The molecule has 1 atom stereocenters. The molecule has 0 bridgehead atoms. The number of hydrogen-bond acceptors (Lipinski definition) is 3. The van der Waals surface area contributed by atoms with Crippen LogP contribution in [0.3, 0.4) is 0 Å². The second-order valence-electron chi connectivity index (χ2n) is 3.61. The second-order valence-corrected chi connectivity index (χ2v) is 5.20. The highest BCUT2D eigenvalue weighted by molar-refractivity contribution is 9.10. The number of thiophene rings is 1. The van der Waals surface area contributed by atoms with E-state index >= 15 is 0 Å². The average Bonchev–Trinajstić information content (AvgIpc) is 2.83. The van der Waals surface area contributed by atoms with Gasteiger partial charge < -0.3 is 5.11 Å². The van der Waals surface area contributed by atoms with Crippen LogP contribution < -0.4 is 0 Å². The smallest absolute Gasteiger partial charge is 0.123 e. The lowest BCUT2D eigenvalue weighted by atomic mass is 10.1. The van der Waals surface area contributed by atoms with Gasteiger partial charge in [-0.25, -0.2) is 0 Å². The zero-order chi connectivity index (χ0) is 11.7. The lowest BCUT2D eigenvalue weighted by Crippen LogP contribution is -2.09. The zero-order valence-corrected chi connectivity index (χ0v) is 11.5. The molecule has 3 nitrogen and oxygen atoms in total. The van der Waals surface area contributed by atoms with Crippen LogP contribution in [0.4, 0.5) is 0 Å². The molecular weight excluding hydrogens is 288 g/mol. The molecule has 2 heterocycles. The summed E-state index contributed by atoms with van der Waals surface area (Å²) in [4.78, 5) is 0. The zero-order valence-electron chi connectivity index (χ0n) is 9.14. The van der Waals surface area contributed by atoms with Crippen molar-refractivity contribution >= 4 is 27.3 Å². The van der Waals surface area contributed by atoms with Gasteiger partial charge in [-0.15, -0.1) is 0 Å². The van der Waals surface area contributed by atoms with Crippen LogP contribution in [-0.2, 0) is 6.54 Å². The number of aromatic nitrogens is 2. The van der Waals surface area contributed by atoms with Gasteiger partial charge in [0, 0.05) is 12.1 Å². The number of hydrogen-bond donors (Lipinski definition) is 1. The molecule has 0 aliphatic carbocycles. The minimum Gasteiger partial charge on any atom is -0.382 e. The Morgan fingerprint density at radius 3 is 2.88 bits per heavy atom. The van der Waals surface area contributed by atoms with Gasteiger partial charge in [-0.2, -0.15) is 16.4 Å². The van der Waals surface area contributed by atoms with Crippen molar-refractivity contribution < 1.29 is 5.11 Å². The first-order chi connectivity index (χ1) is 7.65. The predicted octanol–water partition coefficient (Wildman–Crippen LogP) is 3.12. The summed E-state index contributed by atoms with van der Waals surface area (Å²) in [5, 5.41) is 18.6. The first-order valence-corrected chi connectivity index (χ1v) is 6.80. The first kappa shape index (κ1) is 11.8. The van der Waals surface area contributed by atoms with E-state index < -0.39 is 6.10 Å². The summed E-state index contributed by atoms with van der Waals surface area (Å²) in [6, 6.07) is 0. The van der Waals surface area contributed by atoms with Gasteiger partial charge in [0.1, 0.15) is 6.10 Å². The molecule has 0 spiro atoms. The third-order valence-corrected chi connectivity index (χ3v) is 4.07. The van der Waals surface area contributed by atoms with Gasteiger partial charge in [0.2, 0.25) is 0 Å². The molecule has 2 aromatic heterocycles. The van der Waals surface area contributed by atoms with Crippen molar-refractivity contribution in [2.75, 3.05) is 0 Å². The van der Waals surface area contributed by atoms with Crippen LogP contribution in [0.2, 0.25) is 0 Å². The largest absolute Gasteiger partial charge is 0.382 e. The van der Waals surface area contributed by atoms with E-state index in [2.05, 4.69) is 21.0 Å². The normalized spacial score (nSPS) is 13.0. The SMILES string of the molecule is CCn1ncc(Br)c1C(O)c1cscc1C. The Hall–Kier alpha value is -0.650. The van der Waals surface area contributed by atoms with Gasteiger partial charge in [0.25, 0.3) is 0 Å². The molecule has 16 heavy (non-hydrogen) atoms. The van der Waals surface area contributed by atoms with Crippen molar-refractivity contribution in [3.05, 3.63) is 38.3 Å². The molecule has 0 aliphatic rings. The molecule has 1 unspecified atom stereocenters. The molecule has 0 fully saturated rings. The maximum absolute atomic E-state index is 10.4. The molecule has 0 saturated heterocycles. The quantitative estimate of drug-likeness (QED) is 0.946. The Morgan fingerprint density at radius 1 is 1.56 bits per heavy atom. The summed E-state index contributed by atoms with van der Waals surface area (Å²) in [5.41, 5.74) is 2.90. The Bertz CT molecular complexity index is 492. The van der Waals surface area contributed by atoms with Crippen LogP contribution in [-0.4, -0.2) is 14.9 Å². The summed E-state index contributed by atoms with van der Waals surface area (Å²) in [5.74, 6) is 0. The molecule has 2 aromatic rings. The van der Waals surface area contributed by atoms with Crippen molar-refractivity contribution in [2.45, 2.75) is 26.5 Å². The van der Waals surface area contributed by atoms with Crippen LogP contribution in [0.5, 0.6) is 0 Å². The monoisotopic (exact) mass is 300 g/mol. The lowest BCUT2D eigenvalue weighted by Gasteiger charge is -2.13. The van der Waals surface area contributed by atoms with E-state index in [4.69, 9.17) is 0 Å². The van der Waals surface area contributed by atoms with Gasteiger partial charge >= 0.3 is 0 Å². The first-order valence-electron chi connectivity index (χ1n) is 5.07. The Balaban J connectivity index is 2.44. The minimum absolute atomic E-state index is 0.608. The summed E-state index contributed by atoms with van der Waals surface area (Å²) in [6.07, 6.45) is 1.12. The summed E-state index contributed by atoms with van der Waals surface area (Å²) >= 11 is 5.03. The second kappa shape index (κ2) is 4.69. The van der Waals surface area contributed by atoms with Gasteiger partial charge in [-0.3, -0.25) is 4.68 Å². The highest BCUT2D eigenvalue weighted by atomic mass is 79.9. The molecule has 0 saturated carbocycles. The minimum atomic E-state index is -0.608. The van der Waals surface area contributed by atoms with Crippen LogP contribution in [0.1, 0.15) is 29.8 Å². The molecule has 0 aromatic carbocycles. The van der Waals surface area contributed by atoms with Crippen molar-refractivity contribution in [1.29, 1.82) is 0 Å². The standard InChI is InChI=1S/C11H13BrN2OS/c1-3-14-10(9(12)4-13-14)11(15)8-6-16-5-7(8)2/h4-6,11,15H,3H2,1-2H3. The summed E-state index contributed by atoms with van der Waals surface area (Å²) < 4.78 is 2.67. The molecule has 0 amide bonds. The van der Waals surface area contributed by atoms with Gasteiger partial charge in [0.15, 0.2) is 0 Å². The maximum atomic E-state index is 10.4. The molecule has 86 valence electrons. The van der Waals surface area contributed by atoms with E-state index in [1.54, 1.807) is 17.5 Å². The Labute approximate surface area is 107 Å². The van der Waals surface area contributed by atoms with Gasteiger partial charge in [-0.05, 0) is 46.1 Å². The van der Waals surface area contributed by atoms with Crippen molar-refractivity contribution in [3.63, 3.8) is 0 Å². The number of nitrogens with zero attached hydrogens (tertiary/aromatic N) is 2. The van der Waals surface area contributed by atoms with E-state index in [0.717, 1.165) is 27.8 Å². The fraction of sp³-hybridized carbons (Fsp3) is 0.364. The number of rotatable bonds is 3. The highest BCUT2D eigenvalue weighted by Gasteiger charge is 2.20. The molecule has 0 aliphatic heterocycles. The van der Waals surface area contributed by atoms with E-state index in [1.807, 2.05) is 29.3 Å². The van der Waals surface area contributed by atoms with Gasteiger partial charge in [0.05, 0.1) is 16.4 Å². The molecule has 5 heteroatoms. The van der Waals surface area contributed by atoms with E-state index in [1.165, 1.54) is 0 Å². The van der Waals surface area contributed by atoms with Crippen molar-refractivity contribution in [2.24, 2.45) is 0 Å². The number of aliphatic hydroxyl groups excluding tert-OH is 1. The summed E-state index contributed by atoms with van der Waals surface area (Å²) in [6.45, 7) is 4.77. The molecule has 1 N–H and O–H groups in total. The number of halogens is 1. The van der Waals surface area contributed by atoms with Crippen LogP contribution in [0.15, 0.2) is 21.4 Å². The third kappa shape index (κ3) is 1.95. The Morgan fingerprint density at radius 2 is 2.31 bits per heavy atom. The number of aryl methyl sites for hydroxylation is 2. The van der Waals surface area contributed by atoms with Crippen LogP contribution in [0, 0.1) is 6.92 Å². The Kier molecular flexibility index (Phi) is 3.47. The van der Waals surface area contributed by atoms with Crippen molar-refractivity contribution in [1.82, 2.24) is 9.78 Å². The predicted molar refractivity (Wildman–Crippen MR) is 68.7 cm³/mol. The third-order valence-electron chi connectivity index (χ3n) is 2.58. The molecule has 2 rings (SSSR count). The molecular formula is C11H13BrN2OS. The van der Waals surface area contributed by atoms with E-state index in [-0.39, 0.29) is 0 Å². The van der Waals surface area contributed by atoms with Crippen LogP contribution in [0.25, 0.3) is 0 Å². The lowest BCUT2D eigenvalue weighted by molar-refractivity contribution is 0.207. The maximum Gasteiger partial charge on any atom is 0.123 e. The van der Waals surface area contributed by atoms with Gasteiger partial charge in [-0.1, -0.05) is 0 Å². The van der Waals surface area contributed by atoms with E-state index in [0.29, 0.717) is 0 Å². The number of aliphatic hydroxyl groups is 1. The molecule has 0 radical (unpaired) electrons. The fourth-order valence-corrected chi connectivity index (χ4v) is 3.08. The highest BCUT2D eigenvalue weighted by Crippen LogP contribution is 2.31. The van der Waals surface area contributed by atoms with Crippen LogP contribution >= 0.6 is 27.3 Å².